The highest BCUT2D eigenvalue weighted by Crippen LogP contribution is 2.20. The fourth-order valence-corrected chi connectivity index (χ4v) is 2.13. The number of halogens is 2. The molecule has 0 aliphatic carbocycles. The number of anilines is 2. The zero-order valence-electron chi connectivity index (χ0n) is 11.3. The Morgan fingerprint density at radius 3 is 2.59 bits per heavy atom. The second kappa shape index (κ2) is 5.53. The molecule has 0 amide bonds. The molecule has 0 aliphatic rings. The standard InChI is InChI=1S/C15H11F2N3O2/c16-9-5-10(17)7-11(6-9)18-14-12(8-21)15(22)20-4-2-1-3-13(20)19-14/h1-7,18,21H,8H2. The van der Waals surface area contributed by atoms with Gasteiger partial charge in [-0.3, -0.25) is 9.20 Å². The van der Waals surface area contributed by atoms with Gasteiger partial charge in [0.05, 0.1) is 12.2 Å². The van der Waals surface area contributed by atoms with Crippen LogP contribution in [0.5, 0.6) is 0 Å². The molecule has 0 spiro atoms. The Morgan fingerprint density at radius 2 is 1.91 bits per heavy atom. The van der Waals surface area contributed by atoms with Gasteiger partial charge in [-0.05, 0) is 24.3 Å². The topological polar surface area (TPSA) is 66.6 Å². The number of hydrogen-bond donors (Lipinski definition) is 2. The van der Waals surface area contributed by atoms with E-state index in [0.717, 1.165) is 18.2 Å². The molecule has 1 aromatic carbocycles. The van der Waals surface area contributed by atoms with Gasteiger partial charge in [-0.25, -0.2) is 13.8 Å². The maximum absolute atomic E-state index is 13.2. The fourth-order valence-electron chi connectivity index (χ4n) is 2.13. The van der Waals surface area contributed by atoms with E-state index >= 15 is 0 Å². The number of nitrogens with one attached hydrogen (secondary N) is 1. The first kappa shape index (κ1) is 14.2. The van der Waals surface area contributed by atoms with Crippen molar-refractivity contribution in [3.8, 4) is 0 Å². The minimum Gasteiger partial charge on any atom is -0.391 e. The molecule has 0 unspecified atom stereocenters. The van der Waals surface area contributed by atoms with Gasteiger partial charge >= 0.3 is 0 Å². The predicted octanol–water partition coefficient (Wildman–Crippen LogP) is 2.21. The van der Waals surface area contributed by atoms with Gasteiger partial charge in [-0.15, -0.1) is 0 Å². The molecular formula is C15H11F2N3O2. The van der Waals surface area contributed by atoms with Gasteiger partial charge in [0, 0.05) is 18.0 Å². The molecule has 112 valence electrons. The third-order valence-corrected chi connectivity index (χ3v) is 3.11. The number of hydrogen-bond acceptors (Lipinski definition) is 4. The van der Waals surface area contributed by atoms with Crippen molar-refractivity contribution in [1.82, 2.24) is 9.38 Å². The van der Waals surface area contributed by atoms with Gasteiger partial charge in [0.1, 0.15) is 23.1 Å². The summed E-state index contributed by atoms with van der Waals surface area (Å²) in [6, 6.07) is 7.84. The lowest BCUT2D eigenvalue weighted by Crippen LogP contribution is -2.21. The highest BCUT2D eigenvalue weighted by atomic mass is 19.1. The number of rotatable bonds is 3. The molecular weight excluding hydrogens is 292 g/mol. The van der Waals surface area contributed by atoms with E-state index in [1.807, 2.05) is 0 Å². The van der Waals surface area contributed by atoms with E-state index in [4.69, 9.17) is 0 Å². The second-order valence-electron chi connectivity index (χ2n) is 4.61. The lowest BCUT2D eigenvalue weighted by molar-refractivity contribution is 0.280. The van der Waals surface area contributed by atoms with Gasteiger partial charge in [-0.2, -0.15) is 0 Å². The normalized spacial score (nSPS) is 10.9. The lowest BCUT2D eigenvalue weighted by atomic mass is 10.2. The van der Waals surface area contributed by atoms with E-state index < -0.39 is 23.8 Å². The number of pyridine rings is 1. The van der Waals surface area contributed by atoms with Crippen LogP contribution in [0, 0.1) is 11.6 Å². The van der Waals surface area contributed by atoms with Gasteiger partial charge in [0.2, 0.25) is 0 Å². The molecule has 0 atom stereocenters. The molecule has 0 saturated heterocycles. The monoisotopic (exact) mass is 303 g/mol. The van der Waals surface area contributed by atoms with E-state index in [1.165, 1.54) is 10.6 Å². The van der Waals surface area contributed by atoms with Crippen LogP contribution < -0.4 is 10.9 Å². The highest BCUT2D eigenvalue weighted by molar-refractivity contribution is 5.61. The first-order valence-electron chi connectivity index (χ1n) is 6.43. The van der Waals surface area contributed by atoms with Crippen LogP contribution in [-0.2, 0) is 6.61 Å². The van der Waals surface area contributed by atoms with Crippen molar-refractivity contribution in [2.45, 2.75) is 6.61 Å². The van der Waals surface area contributed by atoms with Crippen LogP contribution >= 0.6 is 0 Å². The molecule has 22 heavy (non-hydrogen) atoms. The molecule has 5 nitrogen and oxygen atoms in total. The maximum Gasteiger partial charge on any atom is 0.265 e. The number of aliphatic hydroxyl groups is 1. The Kier molecular flexibility index (Phi) is 3.56. The first-order chi connectivity index (χ1) is 10.6. The summed E-state index contributed by atoms with van der Waals surface area (Å²) in [6.07, 6.45) is 1.52. The summed E-state index contributed by atoms with van der Waals surface area (Å²) in [5.41, 5.74) is 0.00398. The van der Waals surface area contributed by atoms with Gasteiger partial charge in [0.15, 0.2) is 0 Å². The summed E-state index contributed by atoms with van der Waals surface area (Å²) < 4.78 is 27.7. The summed E-state index contributed by atoms with van der Waals surface area (Å²) in [5, 5.41) is 12.1. The molecule has 0 bridgehead atoms. The van der Waals surface area contributed by atoms with Gasteiger partial charge in [0.25, 0.3) is 5.56 Å². The summed E-state index contributed by atoms with van der Waals surface area (Å²) >= 11 is 0. The summed E-state index contributed by atoms with van der Waals surface area (Å²) in [6.45, 7) is -0.552. The SMILES string of the molecule is O=c1c(CO)c(Nc2cc(F)cc(F)c2)nc2ccccn12. The molecule has 3 rings (SSSR count). The quantitative estimate of drug-likeness (QED) is 0.778. The largest absolute Gasteiger partial charge is 0.391 e. The molecule has 0 aliphatic heterocycles. The Morgan fingerprint density at radius 1 is 1.18 bits per heavy atom. The van der Waals surface area contributed by atoms with Crippen molar-refractivity contribution in [2.24, 2.45) is 0 Å². The second-order valence-corrected chi connectivity index (χ2v) is 4.61. The number of aliphatic hydroxyl groups excluding tert-OH is 1. The van der Waals surface area contributed by atoms with Crippen molar-refractivity contribution in [3.63, 3.8) is 0 Å². The van der Waals surface area contributed by atoms with Crippen LogP contribution in [0.15, 0.2) is 47.4 Å². The lowest BCUT2D eigenvalue weighted by Gasteiger charge is -2.11. The molecule has 2 aromatic heterocycles. The molecule has 0 fully saturated rings. The summed E-state index contributed by atoms with van der Waals surface area (Å²) in [5.74, 6) is -1.46. The first-order valence-corrected chi connectivity index (χ1v) is 6.43. The number of aromatic nitrogens is 2. The molecule has 3 aromatic rings. The zero-order valence-corrected chi connectivity index (χ0v) is 11.3. The van der Waals surface area contributed by atoms with Crippen LogP contribution in [0.3, 0.4) is 0 Å². The van der Waals surface area contributed by atoms with E-state index in [1.54, 1.807) is 18.2 Å². The maximum atomic E-state index is 13.2. The van der Waals surface area contributed by atoms with Crippen LogP contribution in [-0.4, -0.2) is 14.5 Å². The minimum atomic E-state index is -0.759. The third kappa shape index (κ3) is 2.53. The van der Waals surface area contributed by atoms with Crippen molar-refractivity contribution < 1.29 is 13.9 Å². The van der Waals surface area contributed by atoms with Crippen molar-refractivity contribution in [2.75, 3.05) is 5.32 Å². The Bertz CT molecular complexity index is 889. The smallest absolute Gasteiger partial charge is 0.265 e. The summed E-state index contributed by atoms with van der Waals surface area (Å²) in [7, 11) is 0. The number of benzene rings is 1. The van der Waals surface area contributed by atoms with Crippen molar-refractivity contribution >= 4 is 17.2 Å². The summed E-state index contributed by atoms with van der Waals surface area (Å²) in [4.78, 5) is 16.5. The fraction of sp³-hybridized carbons (Fsp3) is 0.0667. The van der Waals surface area contributed by atoms with Crippen LogP contribution in [0.2, 0.25) is 0 Å². The van der Waals surface area contributed by atoms with Crippen molar-refractivity contribution in [3.05, 3.63) is 70.1 Å². The van der Waals surface area contributed by atoms with E-state index in [2.05, 4.69) is 10.3 Å². The molecule has 7 heteroatoms. The molecule has 2 N–H and O–H groups in total. The van der Waals surface area contributed by atoms with E-state index in [-0.39, 0.29) is 17.1 Å². The minimum absolute atomic E-state index is 0.00775. The van der Waals surface area contributed by atoms with E-state index in [9.17, 15) is 18.7 Å². The molecule has 0 saturated carbocycles. The van der Waals surface area contributed by atoms with Crippen LogP contribution in [0.4, 0.5) is 20.3 Å². The van der Waals surface area contributed by atoms with Crippen molar-refractivity contribution in [1.29, 1.82) is 0 Å². The predicted molar refractivity (Wildman–Crippen MR) is 77.0 cm³/mol. The highest BCUT2D eigenvalue weighted by Gasteiger charge is 2.12. The Labute approximate surface area is 123 Å². The van der Waals surface area contributed by atoms with E-state index in [0.29, 0.717) is 5.65 Å². The average Bonchev–Trinajstić information content (AvgIpc) is 2.46. The number of nitrogens with zero attached hydrogens (tertiary/aromatic N) is 2. The van der Waals surface area contributed by atoms with Gasteiger partial charge < -0.3 is 10.4 Å². The third-order valence-electron chi connectivity index (χ3n) is 3.11. The van der Waals surface area contributed by atoms with Crippen LogP contribution in [0.1, 0.15) is 5.56 Å². The molecule has 0 radical (unpaired) electrons. The van der Waals surface area contributed by atoms with Crippen LogP contribution in [0.25, 0.3) is 5.65 Å². The van der Waals surface area contributed by atoms with Gasteiger partial charge in [-0.1, -0.05) is 6.07 Å². The molecule has 2 heterocycles. The average molecular weight is 303 g/mol. The Balaban J connectivity index is 2.15. The Hall–Kier alpha value is -2.80. The zero-order chi connectivity index (χ0) is 15.7. The number of fused-ring (bicyclic) bond motifs is 1.